The Kier molecular flexibility index (Phi) is 7.46. The van der Waals surface area contributed by atoms with Crippen LogP contribution in [-0.4, -0.2) is 28.7 Å². The van der Waals surface area contributed by atoms with Gasteiger partial charge in [0.05, 0.1) is 33.1 Å². The quantitative estimate of drug-likeness (QED) is 0.174. The monoisotopic (exact) mass is 834 g/mol. The normalized spacial score (nSPS) is 12.1. The van der Waals surface area contributed by atoms with Crippen molar-refractivity contribution in [3.63, 3.8) is 0 Å². The molecule has 9 aromatic carbocycles. The number of para-hydroxylation sites is 4. The topological polar surface area (TPSA) is 53.5 Å². The molecule has 5 heterocycles. The van der Waals surface area contributed by atoms with Crippen molar-refractivity contribution in [1.29, 1.82) is 0 Å². The van der Waals surface area contributed by atoms with E-state index in [2.05, 4.69) is 202 Å². The van der Waals surface area contributed by atoms with E-state index in [0.717, 1.165) is 71.5 Å². The number of rotatable bonds is 5. The Balaban J connectivity index is 1.12. The molecule has 0 aliphatic carbocycles. The minimum absolute atomic E-state index is 0.565. The van der Waals surface area contributed by atoms with Gasteiger partial charge in [0.25, 0.3) is 0 Å². The summed E-state index contributed by atoms with van der Waals surface area (Å²) in [5.74, 6) is 1.82. The van der Waals surface area contributed by atoms with Crippen LogP contribution in [0, 0.1) is 0 Å². The van der Waals surface area contributed by atoms with Gasteiger partial charge < -0.3 is 9.13 Å². The molecule has 7 heteroatoms. The van der Waals surface area contributed by atoms with Crippen LogP contribution in [0.1, 0.15) is 0 Å². The molecule has 0 N–H and O–H groups in total. The van der Waals surface area contributed by atoms with Gasteiger partial charge in [-0.15, -0.1) is 11.3 Å². The van der Waals surface area contributed by atoms with Crippen molar-refractivity contribution in [2.24, 2.45) is 0 Å². The van der Waals surface area contributed by atoms with E-state index in [-0.39, 0.29) is 0 Å². The van der Waals surface area contributed by atoms with Gasteiger partial charge in [-0.3, -0.25) is 4.57 Å². The van der Waals surface area contributed by atoms with E-state index in [1.165, 1.54) is 36.6 Å². The van der Waals surface area contributed by atoms with Gasteiger partial charge >= 0.3 is 0 Å². The number of benzene rings is 9. The van der Waals surface area contributed by atoms with Gasteiger partial charge in [-0.05, 0) is 60.7 Å². The molecule has 0 saturated heterocycles. The Morgan fingerprint density at radius 1 is 0.328 bits per heavy atom. The summed E-state index contributed by atoms with van der Waals surface area (Å²) in [6, 6.07) is 73.7. The second-order valence-corrected chi connectivity index (χ2v) is 17.5. The minimum atomic E-state index is 0.565. The number of fused-ring (bicyclic) bond motifs is 13. The van der Waals surface area contributed by atoms with Crippen molar-refractivity contribution in [2.75, 3.05) is 0 Å². The number of nitrogens with zero attached hydrogens (tertiary/aromatic N) is 6. The summed E-state index contributed by atoms with van der Waals surface area (Å²) >= 11 is 1.80. The van der Waals surface area contributed by atoms with Crippen LogP contribution in [-0.2, 0) is 0 Å². The number of hydrogen-bond acceptors (Lipinski definition) is 4. The van der Waals surface area contributed by atoms with E-state index in [1.807, 2.05) is 18.2 Å². The molecule has 5 aromatic heterocycles. The summed E-state index contributed by atoms with van der Waals surface area (Å²) < 4.78 is 9.55. The third-order valence-corrected chi connectivity index (χ3v) is 14.0. The molecule has 298 valence electrons. The Bertz CT molecular complexity index is 4140. The summed E-state index contributed by atoms with van der Waals surface area (Å²) in [5, 5.41) is 9.40. The minimum Gasteiger partial charge on any atom is -0.309 e. The van der Waals surface area contributed by atoms with Crippen LogP contribution in [0.4, 0.5) is 0 Å². The first-order valence-electron chi connectivity index (χ1n) is 21.5. The number of thiophene rings is 1. The third-order valence-electron chi connectivity index (χ3n) is 12.9. The van der Waals surface area contributed by atoms with Gasteiger partial charge in [0.15, 0.2) is 11.6 Å². The highest BCUT2D eigenvalue weighted by Crippen LogP contribution is 2.44. The highest BCUT2D eigenvalue weighted by Gasteiger charge is 2.25. The second kappa shape index (κ2) is 13.6. The molecule has 0 amide bonds. The molecule has 14 aromatic rings. The second-order valence-electron chi connectivity index (χ2n) is 16.4. The summed E-state index contributed by atoms with van der Waals surface area (Å²) in [7, 11) is 0. The molecular weight excluding hydrogens is 801 g/mol. The maximum absolute atomic E-state index is 5.51. The lowest BCUT2D eigenvalue weighted by molar-refractivity contribution is 0.954. The Morgan fingerprint density at radius 3 is 1.61 bits per heavy atom. The Morgan fingerprint density at radius 2 is 0.875 bits per heavy atom. The Labute approximate surface area is 370 Å². The molecule has 14 rings (SSSR count). The van der Waals surface area contributed by atoms with Gasteiger partial charge in [0, 0.05) is 75.0 Å². The fraction of sp³-hybridized carbons (Fsp3) is 0. The standard InChI is InChI=1S/C57H34N6S/c1-3-16-35(17-4-1)55-58-56(44-24-15-29-51-52(44)43-23-10-14-28-50(43)64-51)60-57(59-55)63-48-27-13-9-22-40(48)41-31-32-42-45-34-37(61-46-25-11-7-20-38(46)39-21-8-12-26-47(39)61)30-33-49(45)62(53(42)54(41)63)36-18-5-2-6-19-36/h1-34H. The van der Waals surface area contributed by atoms with Crippen molar-refractivity contribution >= 4 is 96.9 Å². The van der Waals surface area contributed by atoms with Crippen molar-refractivity contribution in [3.8, 4) is 40.1 Å². The molecule has 0 unspecified atom stereocenters. The fourth-order valence-corrected chi connectivity index (χ4v) is 11.3. The summed E-state index contributed by atoms with van der Waals surface area (Å²) in [4.78, 5) is 16.2. The predicted octanol–water partition coefficient (Wildman–Crippen LogP) is 14.9. The molecule has 64 heavy (non-hydrogen) atoms. The summed E-state index contributed by atoms with van der Waals surface area (Å²) in [5.41, 5.74) is 10.7. The number of aromatic nitrogens is 6. The molecular formula is C57H34N6S. The number of hydrogen-bond donors (Lipinski definition) is 0. The van der Waals surface area contributed by atoms with Crippen molar-refractivity contribution in [1.82, 2.24) is 28.7 Å². The SMILES string of the molecule is c1ccc(-c2nc(-c3cccc4sc5ccccc5c34)nc(-n3c4ccccc4c4ccc5c6cc(-n7c8ccccc8c8ccccc87)ccc6n(-c6ccccc6)c5c43)n2)cc1. The fourth-order valence-electron chi connectivity index (χ4n) is 10.2. The summed E-state index contributed by atoms with van der Waals surface area (Å²) in [6.45, 7) is 0. The van der Waals surface area contributed by atoms with Gasteiger partial charge in [-0.2, -0.15) is 9.97 Å². The lowest BCUT2D eigenvalue weighted by atomic mass is 10.1. The average molecular weight is 835 g/mol. The van der Waals surface area contributed by atoms with E-state index < -0.39 is 0 Å². The van der Waals surface area contributed by atoms with E-state index >= 15 is 0 Å². The highest BCUT2D eigenvalue weighted by molar-refractivity contribution is 7.25. The maximum atomic E-state index is 5.51. The van der Waals surface area contributed by atoms with Crippen LogP contribution in [0.2, 0.25) is 0 Å². The van der Waals surface area contributed by atoms with Crippen LogP contribution >= 0.6 is 11.3 Å². The average Bonchev–Trinajstić information content (AvgIpc) is 4.11. The first kappa shape index (κ1) is 35.2. The smallest absolute Gasteiger partial charge is 0.238 e. The van der Waals surface area contributed by atoms with Crippen LogP contribution < -0.4 is 0 Å². The molecule has 0 saturated carbocycles. The first-order chi connectivity index (χ1) is 31.8. The molecule has 0 aliphatic heterocycles. The van der Waals surface area contributed by atoms with E-state index in [1.54, 1.807) is 11.3 Å². The zero-order valence-corrected chi connectivity index (χ0v) is 35.0. The molecule has 6 nitrogen and oxygen atoms in total. The zero-order valence-electron chi connectivity index (χ0n) is 34.2. The van der Waals surface area contributed by atoms with Gasteiger partial charge in [-0.1, -0.05) is 146 Å². The van der Waals surface area contributed by atoms with Crippen LogP contribution in [0.25, 0.3) is 126 Å². The molecule has 0 aliphatic rings. The lowest BCUT2D eigenvalue weighted by Gasteiger charge is -2.13. The Hall–Kier alpha value is -8.39. The highest BCUT2D eigenvalue weighted by atomic mass is 32.1. The molecule has 0 spiro atoms. The van der Waals surface area contributed by atoms with Gasteiger partial charge in [0.2, 0.25) is 5.95 Å². The molecule has 0 radical (unpaired) electrons. The van der Waals surface area contributed by atoms with Crippen molar-refractivity contribution in [3.05, 3.63) is 206 Å². The van der Waals surface area contributed by atoms with E-state index in [0.29, 0.717) is 17.6 Å². The third kappa shape index (κ3) is 5.04. The molecule has 0 atom stereocenters. The molecule has 0 bridgehead atoms. The lowest BCUT2D eigenvalue weighted by Crippen LogP contribution is -2.07. The van der Waals surface area contributed by atoms with Crippen LogP contribution in [0.15, 0.2) is 206 Å². The molecule has 0 fully saturated rings. The summed E-state index contributed by atoms with van der Waals surface area (Å²) in [6.07, 6.45) is 0. The largest absolute Gasteiger partial charge is 0.309 e. The predicted molar refractivity (Wildman–Crippen MR) is 267 cm³/mol. The zero-order chi connectivity index (χ0) is 41.9. The van der Waals surface area contributed by atoms with Gasteiger partial charge in [0.1, 0.15) is 0 Å². The van der Waals surface area contributed by atoms with E-state index in [9.17, 15) is 0 Å². The first-order valence-corrected chi connectivity index (χ1v) is 22.4. The van der Waals surface area contributed by atoms with Crippen LogP contribution in [0.5, 0.6) is 0 Å². The van der Waals surface area contributed by atoms with Crippen molar-refractivity contribution < 1.29 is 0 Å². The maximum Gasteiger partial charge on any atom is 0.238 e. The van der Waals surface area contributed by atoms with E-state index in [4.69, 9.17) is 15.0 Å². The van der Waals surface area contributed by atoms with Gasteiger partial charge in [-0.25, -0.2) is 4.98 Å². The van der Waals surface area contributed by atoms with Crippen molar-refractivity contribution in [2.45, 2.75) is 0 Å². The van der Waals surface area contributed by atoms with Crippen LogP contribution in [0.3, 0.4) is 0 Å².